The van der Waals surface area contributed by atoms with Crippen LogP contribution in [-0.4, -0.2) is 25.2 Å². The van der Waals surface area contributed by atoms with Gasteiger partial charge in [-0.05, 0) is 18.2 Å². The quantitative estimate of drug-likeness (QED) is 0.700. The molecule has 0 saturated carbocycles. The van der Waals surface area contributed by atoms with Gasteiger partial charge < -0.3 is 15.8 Å². The van der Waals surface area contributed by atoms with Crippen LogP contribution in [0.5, 0.6) is 0 Å². The molecule has 80 valence electrons. The molecule has 5 heteroatoms. The molecule has 0 unspecified atom stereocenters. The van der Waals surface area contributed by atoms with Gasteiger partial charge in [-0.15, -0.1) is 0 Å². The Labute approximate surface area is 86.2 Å². The number of nitrogen functional groups attached to an aromatic ring is 1. The van der Waals surface area contributed by atoms with Crippen LogP contribution in [0.25, 0.3) is 0 Å². The highest BCUT2D eigenvalue weighted by atomic mass is 19.1. The average molecular weight is 210 g/mol. The maximum Gasteiger partial charge on any atom is 0.254 e. The van der Waals surface area contributed by atoms with Gasteiger partial charge >= 0.3 is 0 Å². The number of hydrogen-bond donors (Lipinski definition) is 2. The van der Waals surface area contributed by atoms with Crippen LogP contribution in [0.15, 0.2) is 18.2 Å². The summed E-state index contributed by atoms with van der Waals surface area (Å²) >= 11 is 0. The second-order valence-electron chi connectivity index (χ2n) is 3.45. The molecule has 1 aromatic rings. The molecule has 0 atom stereocenters. The number of carbonyl (C=O) groups excluding carboxylic acids is 1. The number of benzene rings is 1. The van der Waals surface area contributed by atoms with Crippen LogP contribution in [0.2, 0.25) is 0 Å². The van der Waals surface area contributed by atoms with E-state index in [1.807, 2.05) is 0 Å². The van der Waals surface area contributed by atoms with Crippen molar-refractivity contribution < 1.29 is 13.9 Å². The molecule has 1 fully saturated rings. The molecule has 0 bridgehead atoms. The number of carbonyl (C=O) groups is 1. The summed E-state index contributed by atoms with van der Waals surface area (Å²) < 4.78 is 18.2. The molecule has 4 nitrogen and oxygen atoms in total. The predicted molar refractivity (Wildman–Crippen MR) is 52.9 cm³/mol. The highest BCUT2D eigenvalue weighted by Crippen LogP contribution is 2.12. The van der Waals surface area contributed by atoms with E-state index in [2.05, 4.69) is 5.32 Å². The Morgan fingerprint density at radius 3 is 2.80 bits per heavy atom. The van der Waals surface area contributed by atoms with Crippen LogP contribution in [0.1, 0.15) is 10.4 Å². The Kier molecular flexibility index (Phi) is 2.55. The number of nitrogens with two attached hydrogens (primary N) is 1. The Balaban J connectivity index is 2.10. The highest BCUT2D eigenvalue weighted by Gasteiger charge is 2.22. The SMILES string of the molecule is Nc1ccc(C(=O)NC2COC2)c(F)c1. The van der Waals surface area contributed by atoms with Gasteiger partial charge in [-0.3, -0.25) is 4.79 Å². The van der Waals surface area contributed by atoms with Crippen molar-refractivity contribution in [3.63, 3.8) is 0 Å². The van der Waals surface area contributed by atoms with Crippen molar-refractivity contribution in [2.75, 3.05) is 18.9 Å². The van der Waals surface area contributed by atoms with E-state index in [1.54, 1.807) is 0 Å². The molecule has 1 aromatic carbocycles. The van der Waals surface area contributed by atoms with Crippen molar-refractivity contribution in [3.8, 4) is 0 Å². The molecule has 0 aromatic heterocycles. The van der Waals surface area contributed by atoms with Gasteiger partial charge in [0, 0.05) is 5.69 Å². The van der Waals surface area contributed by atoms with Crippen LogP contribution in [0.3, 0.4) is 0 Å². The molecule has 0 radical (unpaired) electrons. The van der Waals surface area contributed by atoms with Crippen molar-refractivity contribution in [1.82, 2.24) is 5.32 Å². The standard InChI is InChI=1S/C10H11FN2O2/c11-9-3-6(12)1-2-8(9)10(14)13-7-4-15-5-7/h1-3,7H,4-5,12H2,(H,13,14). The van der Waals surface area contributed by atoms with Crippen molar-refractivity contribution in [2.24, 2.45) is 0 Å². The number of ether oxygens (including phenoxy) is 1. The molecule has 1 amide bonds. The van der Waals surface area contributed by atoms with Crippen LogP contribution in [-0.2, 0) is 4.74 Å². The summed E-state index contributed by atoms with van der Waals surface area (Å²) in [6.45, 7) is 0.977. The van der Waals surface area contributed by atoms with E-state index in [4.69, 9.17) is 10.5 Å². The lowest BCUT2D eigenvalue weighted by atomic mass is 10.1. The number of rotatable bonds is 2. The van der Waals surface area contributed by atoms with E-state index in [9.17, 15) is 9.18 Å². The first kappa shape index (κ1) is 9.92. The van der Waals surface area contributed by atoms with Gasteiger partial charge in [0.05, 0.1) is 24.8 Å². The lowest BCUT2D eigenvalue weighted by Crippen LogP contribution is -2.48. The first-order valence-corrected chi connectivity index (χ1v) is 4.60. The minimum atomic E-state index is -0.604. The van der Waals surface area contributed by atoms with Gasteiger partial charge in [0.2, 0.25) is 0 Å². The summed E-state index contributed by atoms with van der Waals surface area (Å²) in [5.41, 5.74) is 5.69. The zero-order valence-electron chi connectivity index (χ0n) is 8.00. The number of anilines is 1. The Hall–Kier alpha value is -1.62. The summed E-state index contributed by atoms with van der Waals surface area (Å²) in [5, 5.41) is 2.65. The zero-order chi connectivity index (χ0) is 10.8. The second kappa shape index (κ2) is 3.86. The van der Waals surface area contributed by atoms with Crippen LogP contribution in [0.4, 0.5) is 10.1 Å². The molecular weight excluding hydrogens is 199 g/mol. The van der Waals surface area contributed by atoms with E-state index in [1.165, 1.54) is 12.1 Å². The van der Waals surface area contributed by atoms with Crippen molar-refractivity contribution in [2.45, 2.75) is 6.04 Å². The normalized spacial score (nSPS) is 15.8. The maximum absolute atomic E-state index is 13.3. The first-order valence-electron chi connectivity index (χ1n) is 4.60. The molecule has 15 heavy (non-hydrogen) atoms. The van der Waals surface area contributed by atoms with Gasteiger partial charge in [-0.2, -0.15) is 0 Å². The minimum absolute atomic E-state index is 0.00514. The number of halogens is 1. The Bertz CT molecular complexity index is 391. The maximum atomic E-state index is 13.3. The van der Waals surface area contributed by atoms with E-state index in [0.717, 1.165) is 6.07 Å². The van der Waals surface area contributed by atoms with Crippen LogP contribution in [0, 0.1) is 5.82 Å². The molecule has 1 aliphatic rings. The second-order valence-corrected chi connectivity index (χ2v) is 3.45. The molecule has 1 heterocycles. The fourth-order valence-corrected chi connectivity index (χ4v) is 1.30. The smallest absolute Gasteiger partial charge is 0.254 e. The van der Waals surface area contributed by atoms with Gasteiger partial charge in [0.1, 0.15) is 5.82 Å². The third-order valence-electron chi connectivity index (χ3n) is 2.21. The average Bonchev–Trinajstić information content (AvgIpc) is 2.11. The van der Waals surface area contributed by atoms with E-state index >= 15 is 0 Å². The first-order chi connectivity index (χ1) is 7.16. The van der Waals surface area contributed by atoms with E-state index in [0.29, 0.717) is 18.9 Å². The van der Waals surface area contributed by atoms with Gasteiger partial charge in [0.15, 0.2) is 0 Å². The summed E-state index contributed by atoms with van der Waals surface area (Å²) in [5.74, 6) is -1.03. The fraction of sp³-hybridized carbons (Fsp3) is 0.300. The third-order valence-corrected chi connectivity index (χ3v) is 2.21. The number of hydrogen-bond acceptors (Lipinski definition) is 3. The van der Waals surface area contributed by atoms with E-state index < -0.39 is 11.7 Å². The molecule has 3 N–H and O–H groups in total. The predicted octanol–water partition coefficient (Wildman–Crippen LogP) is 0.536. The molecule has 1 aliphatic heterocycles. The monoisotopic (exact) mass is 210 g/mol. The summed E-state index contributed by atoms with van der Waals surface area (Å²) in [6.07, 6.45) is 0. The molecule has 0 spiro atoms. The fourth-order valence-electron chi connectivity index (χ4n) is 1.30. The lowest BCUT2D eigenvalue weighted by Gasteiger charge is -2.26. The van der Waals surface area contributed by atoms with Gasteiger partial charge in [0.25, 0.3) is 5.91 Å². The Morgan fingerprint density at radius 1 is 1.53 bits per heavy atom. The van der Waals surface area contributed by atoms with Crippen LogP contribution >= 0.6 is 0 Å². The minimum Gasteiger partial charge on any atom is -0.399 e. The zero-order valence-corrected chi connectivity index (χ0v) is 8.00. The number of nitrogens with one attached hydrogen (secondary N) is 1. The van der Waals surface area contributed by atoms with Crippen molar-refractivity contribution >= 4 is 11.6 Å². The molecular formula is C10H11FN2O2. The van der Waals surface area contributed by atoms with Crippen molar-refractivity contribution in [1.29, 1.82) is 0 Å². The van der Waals surface area contributed by atoms with Crippen LogP contribution < -0.4 is 11.1 Å². The lowest BCUT2D eigenvalue weighted by molar-refractivity contribution is -0.00352. The largest absolute Gasteiger partial charge is 0.399 e. The summed E-state index contributed by atoms with van der Waals surface area (Å²) in [7, 11) is 0. The third kappa shape index (κ3) is 2.07. The topological polar surface area (TPSA) is 64.4 Å². The van der Waals surface area contributed by atoms with Crippen molar-refractivity contribution in [3.05, 3.63) is 29.6 Å². The molecule has 0 aliphatic carbocycles. The molecule has 1 saturated heterocycles. The summed E-state index contributed by atoms with van der Waals surface area (Å²) in [4.78, 5) is 11.5. The Morgan fingerprint density at radius 2 is 2.27 bits per heavy atom. The van der Waals surface area contributed by atoms with Gasteiger partial charge in [-0.1, -0.05) is 0 Å². The molecule has 2 rings (SSSR count). The number of amides is 1. The van der Waals surface area contributed by atoms with Gasteiger partial charge in [-0.25, -0.2) is 4.39 Å². The highest BCUT2D eigenvalue weighted by molar-refractivity contribution is 5.95. The summed E-state index contributed by atoms with van der Waals surface area (Å²) in [6, 6.07) is 4.00. The van der Waals surface area contributed by atoms with E-state index in [-0.39, 0.29) is 11.6 Å².